The lowest BCUT2D eigenvalue weighted by Crippen LogP contribution is -2.42. The monoisotopic (exact) mass is 332 g/mol. The van der Waals surface area contributed by atoms with Gasteiger partial charge in [-0.25, -0.2) is 4.98 Å². The third kappa shape index (κ3) is 2.86. The number of hydrogen-bond acceptors (Lipinski definition) is 4. The molecule has 1 aliphatic carbocycles. The van der Waals surface area contributed by atoms with Gasteiger partial charge in [0.2, 0.25) is 0 Å². The first-order valence-corrected chi connectivity index (χ1v) is 9.33. The third-order valence-electron chi connectivity index (χ3n) is 6.42. The molecule has 1 aromatic rings. The molecule has 0 aromatic carbocycles. The van der Waals surface area contributed by atoms with Crippen molar-refractivity contribution in [1.82, 2.24) is 19.4 Å². The maximum atomic E-state index is 12.1. The summed E-state index contributed by atoms with van der Waals surface area (Å²) in [6.45, 7) is 5.34. The summed E-state index contributed by atoms with van der Waals surface area (Å²) in [4.78, 5) is 21.0. The number of hydrogen-bond donors (Lipinski definition) is 1. The average Bonchev–Trinajstić information content (AvgIpc) is 3.31. The molecule has 0 amide bonds. The number of aliphatic carboxylic acids is 1. The van der Waals surface area contributed by atoms with Gasteiger partial charge in [-0.05, 0) is 25.8 Å². The molecule has 0 radical (unpaired) electrons. The molecule has 1 saturated carbocycles. The zero-order valence-electron chi connectivity index (χ0n) is 14.3. The van der Waals surface area contributed by atoms with Gasteiger partial charge in [0.15, 0.2) is 0 Å². The standard InChI is InChI=1S/C18H28N4O2/c23-17(24)18-12-21(8-3-7-20-9-6-19-14-20)10-15(18)11-22(13-18)16-4-1-2-5-16/h6,9,14-16H,1-5,7-8,10-13H2,(H,23,24)/t15-,18-/m1/s1. The fourth-order valence-electron chi connectivity index (χ4n) is 5.12. The Kier molecular flexibility index (Phi) is 4.35. The van der Waals surface area contributed by atoms with Crippen LogP contribution in [0.25, 0.3) is 0 Å². The molecule has 0 bridgehead atoms. The zero-order chi connectivity index (χ0) is 16.6. The molecule has 0 spiro atoms. The number of fused-ring (bicyclic) bond motifs is 1. The minimum Gasteiger partial charge on any atom is -0.481 e. The van der Waals surface area contributed by atoms with Crippen molar-refractivity contribution in [2.75, 3.05) is 32.7 Å². The second kappa shape index (κ2) is 6.48. The molecule has 6 nitrogen and oxygen atoms in total. The highest BCUT2D eigenvalue weighted by molar-refractivity contribution is 5.77. The Morgan fingerprint density at radius 1 is 1.21 bits per heavy atom. The highest BCUT2D eigenvalue weighted by Gasteiger charge is 2.58. The van der Waals surface area contributed by atoms with Crippen LogP contribution >= 0.6 is 0 Å². The average molecular weight is 332 g/mol. The molecule has 3 fully saturated rings. The summed E-state index contributed by atoms with van der Waals surface area (Å²) in [7, 11) is 0. The van der Waals surface area contributed by atoms with Crippen LogP contribution in [0, 0.1) is 11.3 Å². The predicted molar refractivity (Wildman–Crippen MR) is 90.7 cm³/mol. The van der Waals surface area contributed by atoms with E-state index in [0.29, 0.717) is 12.0 Å². The fourth-order valence-corrected chi connectivity index (χ4v) is 5.12. The molecule has 2 saturated heterocycles. The molecule has 2 atom stereocenters. The number of carboxylic acid groups (broad SMARTS) is 1. The van der Waals surface area contributed by atoms with E-state index < -0.39 is 11.4 Å². The van der Waals surface area contributed by atoms with Crippen molar-refractivity contribution in [3.05, 3.63) is 18.7 Å². The van der Waals surface area contributed by atoms with Gasteiger partial charge in [-0.15, -0.1) is 0 Å². The number of aromatic nitrogens is 2. The van der Waals surface area contributed by atoms with Gasteiger partial charge in [-0.2, -0.15) is 0 Å². The summed E-state index contributed by atoms with van der Waals surface area (Å²) >= 11 is 0. The lowest BCUT2D eigenvalue weighted by atomic mass is 9.81. The van der Waals surface area contributed by atoms with Crippen molar-refractivity contribution in [2.24, 2.45) is 11.3 Å². The van der Waals surface area contributed by atoms with Crippen LogP contribution in [-0.4, -0.2) is 69.2 Å². The number of likely N-dealkylation sites (tertiary alicyclic amines) is 2. The van der Waals surface area contributed by atoms with Crippen molar-refractivity contribution >= 4 is 5.97 Å². The normalized spacial score (nSPS) is 31.8. The van der Waals surface area contributed by atoms with E-state index in [0.717, 1.165) is 45.7 Å². The van der Waals surface area contributed by atoms with E-state index in [1.807, 2.05) is 12.5 Å². The van der Waals surface area contributed by atoms with E-state index in [-0.39, 0.29) is 0 Å². The maximum Gasteiger partial charge on any atom is 0.312 e. The first-order valence-electron chi connectivity index (χ1n) is 9.33. The Hall–Kier alpha value is -1.40. The van der Waals surface area contributed by atoms with Crippen LogP contribution in [0.2, 0.25) is 0 Å². The van der Waals surface area contributed by atoms with Gasteiger partial charge in [0.1, 0.15) is 0 Å². The number of aryl methyl sites for hydroxylation is 1. The highest BCUT2D eigenvalue weighted by atomic mass is 16.4. The van der Waals surface area contributed by atoms with E-state index in [2.05, 4.69) is 19.4 Å². The minimum absolute atomic E-state index is 0.295. The Bertz CT molecular complexity index is 570. The predicted octanol–water partition coefficient (Wildman–Crippen LogP) is 1.53. The maximum absolute atomic E-state index is 12.1. The minimum atomic E-state index is -0.579. The Labute approximate surface area is 143 Å². The van der Waals surface area contributed by atoms with Crippen LogP contribution in [0.15, 0.2) is 18.7 Å². The fraction of sp³-hybridized carbons (Fsp3) is 0.778. The summed E-state index contributed by atoms with van der Waals surface area (Å²) in [5, 5.41) is 9.96. The van der Waals surface area contributed by atoms with Crippen LogP contribution in [0.3, 0.4) is 0 Å². The molecule has 0 unspecified atom stereocenters. The Morgan fingerprint density at radius 2 is 2.04 bits per heavy atom. The molecule has 1 N–H and O–H groups in total. The third-order valence-corrected chi connectivity index (χ3v) is 6.42. The smallest absolute Gasteiger partial charge is 0.312 e. The van der Waals surface area contributed by atoms with Gasteiger partial charge in [-0.3, -0.25) is 9.69 Å². The number of rotatable bonds is 6. The molecule has 1 aromatic heterocycles. The van der Waals surface area contributed by atoms with Crippen LogP contribution < -0.4 is 0 Å². The van der Waals surface area contributed by atoms with E-state index >= 15 is 0 Å². The van der Waals surface area contributed by atoms with Crippen LogP contribution in [-0.2, 0) is 11.3 Å². The van der Waals surface area contributed by atoms with Crippen molar-refractivity contribution in [1.29, 1.82) is 0 Å². The van der Waals surface area contributed by atoms with Gasteiger partial charge >= 0.3 is 5.97 Å². The van der Waals surface area contributed by atoms with Crippen molar-refractivity contribution < 1.29 is 9.90 Å². The second-order valence-corrected chi connectivity index (χ2v) is 7.92. The molecule has 2 aliphatic heterocycles. The van der Waals surface area contributed by atoms with Gasteiger partial charge in [0.05, 0.1) is 11.7 Å². The summed E-state index contributed by atoms with van der Waals surface area (Å²) in [6.07, 6.45) is 11.8. The van der Waals surface area contributed by atoms with E-state index in [1.54, 1.807) is 6.20 Å². The van der Waals surface area contributed by atoms with Gasteiger partial charge in [0, 0.05) is 57.1 Å². The molecule has 3 aliphatic rings. The summed E-state index contributed by atoms with van der Waals surface area (Å²) < 4.78 is 2.09. The van der Waals surface area contributed by atoms with Crippen LogP contribution in [0.1, 0.15) is 32.1 Å². The topological polar surface area (TPSA) is 61.6 Å². The van der Waals surface area contributed by atoms with E-state index in [1.165, 1.54) is 25.7 Å². The van der Waals surface area contributed by atoms with Crippen molar-refractivity contribution in [2.45, 2.75) is 44.7 Å². The first-order chi connectivity index (χ1) is 11.7. The lowest BCUT2D eigenvalue weighted by Gasteiger charge is -2.28. The molecular weight excluding hydrogens is 304 g/mol. The summed E-state index contributed by atoms with van der Waals surface area (Å²) in [6, 6.07) is 0.640. The number of nitrogens with zero attached hydrogens (tertiary/aromatic N) is 4. The molecule has 3 heterocycles. The van der Waals surface area contributed by atoms with Crippen molar-refractivity contribution in [3.8, 4) is 0 Å². The Balaban J connectivity index is 1.35. The lowest BCUT2D eigenvalue weighted by molar-refractivity contribution is -0.149. The highest BCUT2D eigenvalue weighted by Crippen LogP contribution is 2.45. The number of imidazole rings is 1. The quantitative estimate of drug-likeness (QED) is 0.856. The van der Waals surface area contributed by atoms with Gasteiger partial charge in [0.25, 0.3) is 0 Å². The summed E-state index contributed by atoms with van der Waals surface area (Å²) in [5.41, 5.74) is -0.530. The SMILES string of the molecule is O=C(O)[C@@]12CN(CCCn3ccnc3)C[C@@H]1CN(C1CCCC1)C2. The summed E-state index contributed by atoms with van der Waals surface area (Å²) in [5.74, 6) is -0.283. The van der Waals surface area contributed by atoms with Crippen molar-refractivity contribution in [3.63, 3.8) is 0 Å². The molecular formula is C18H28N4O2. The van der Waals surface area contributed by atoms with Crippen LogP contribution in [0.4, 0.5) is 0 Å². The van der Waals surface area contributed by atoms with Gasteiger partial charge in [-0.1, -0.05) is 12.8 Å². The molecule has 6 heteroatoms. The van der Waals surface area contributed by atoms with Gasteiger partial charge < -0.3 is 14.6 Å². The number of carbonyl (C=O) groups is 1. The second-order valence-electron chi connectivity index (χ2n) is 7.92. The Morgan fingerprint density at radius 3 is 2.71 bits per heavy atom. The zero-order valence-corrected chi connectivity index (χ0v) is 14.3. The van der Waals surface area contributed by atoms with Crippen LogP contribution in [0.5, 0.6) is 0 Å². The van der Waals surface area contributed by atoms with E-state index in [4.69, 9.17) is 0 Å². The molecule has 132 valence electrons. The molecule has 24 heavy (non-hydrogen) atoms. The number of carboxylic acids is 1. The van der Waals surface area contributed by atoms with E-state index in [9.17, 15) is 9.90 Å². The molecule has 4 rings (SSSR count). The largest absolute Gasteiger partial charge is 0.481 e. The first kappa shape index (κ1) is 16.1.